The van der Waals surface area contributed by atoms with E-state index in [1.165, 1.54) is 25.7 Å². The number of hydrogen-bond donors (Lipinski definition) is 1. The summed E-state index contributed by atoms with van der Waals surface area (Å²) >= 11 is 5.98. The number of halogens is 1. The zero-order chi connectivity index (χ0) is 19.1. The SMILES string of the molecule is CCCCCCCn1c(CNC(=O)c2cccc(Cl)c2)nc2ccccc21. The highest BCUT2D eigenvalue weighted by Crippen LogP contribution is 2.18. The zero-order valence-electron chi connectivity index (χ0n) is 15.7. The minimum atomic E-state index is -0.140. The Morgan fingerprint density at radius 3 is 2.70 bits per heavy atom. The maximum Gasteiger partial charge on any atom is 0.251 e. The second-order valence-electron chi connectivity index (χ2n) is 6.78. The number of hydrogen-bond acceptors (Lipinski definition) is 2. The molecule has 0 atom stereocenters. The van der Waals surface area contributed by atoms with Crippen LogP contribution in [0.25, 0.3) is 11.0 Å². The first-order valence-electron chi connectivity index (χ1n) is 9.67. The predicted molar refractivity (Wildman–Crippen MR) is 111 cm³/mol. The van der Waals surface area contributed by atoms with Gasteiger partial charge in [-0.3, -0.25) is 4.79 Å². The maximum atomic E-state index is 12.4. The number of aromatic nitrogens is 2. The number of aryl methyl sites for hydroxylation is 1. The number of unbranched alkanes of at least 4 members (excludes halogenated alkanes) is 4. The van der Waals surface area contributed by atoms with Gasteiger partial charge in [0, 0.05) is 17.1 Å². The first-order valence-corrected chi connectivity index (χ1v) is 10.0. The number of para-hydroxylation sites is 2. The van der Waals surface area contributed by atoms with Crippen molar-refractivity contribution in [1.29, 1.82) is 0 Å². The summed E-state index contributed by atoms with van der Waals surface area (Å²) in [5.41, 5.74) is 2.66. The summed E-state index contributed by atoms with van der Waals surface area (Å²) in [6, 6.07) is 15.1. The first-order chi connectivity index (χ1) is 13.2. The van der Waals surface area contributed by atoms with Crippen LogP contribution < -0.4 is 5.32 Å². The topological polar surface area (TPSA) is 46.9 Å². The Balaban J connectivity index is 1.71. The van der Waals surface area contributed by atoms with Gasteiger partial charge in [-0.1, -0.05) is 62.4 Å². The number of fused-ring (bicyclic) bond motifs is 1. The van der Waals surface area contributed by atoms with Crippen LogP contribution in [0, 0.1) is 0 Å². The Hall–Kier alpha value is -2.33. The molecular formula is C22H26ClN3O. The van der Waals surface area contributed by atoms with Gasteiger partial charge in [-0.25, -0.2) is 4.98 Å². The van der Waals surface area contributed by atoms with E-state index in [0.717, 1.165) is 29.8 Å². The molecule has 0 radical (unpaired) electrons. The number of amides is 1. The third kappa shape index (κ3) is 5.10. The first kappa shape index (κ1) is 19.4. The van der Waals surface area contributed by atoms with Crippen LogP contribution in [0.2, 0.25) is 5.02 Å². The van der Waals surface area contributed by atoms with Crippen LogP contribution in [0.15, 0.2) is 48.5 Å². The zero-order valence-corrected chi connectivity index (χ0v) is 16.5. The van der Waals surface area contributed by atoms with Crippen molar-refractivity contribution < 1.29 is 4.79 Å². The molecule has 4 nitrogen and oxygen atoms in total. The van der Waals surface area contributed by atoms with Crippen molar-refractivity contribution >= 4 is 28.5 Å². The Labute approximate surface area is 165 Å². The van der Waals surface area contributed by atoms with Crippen LogP contribution >= 0.6 is 11.6 Å². The fourth-order valence-corrected chi connectivity index (χ4v) is 3.46. The largest absolute Gasteiger partial charge is 0.345 e. The number of nitrogens with zero attached hydrogens (tertiary/aromatic N) is 2. The summed E-state index contributed by atoms with van der Waals surface area (Å²) in [5, 5.41) is 3.53. The highest BCUT2D eigenvalue weighted by Gasteiger charge is 2.12. The quantitative estimate of drug-likeness (QED) is 0.489. The normalized spacial score (nSPS) is 11.0. The average Bonchev–Trinajstić information content (AvgIpc) is 3.03. The Morgan fingerprint density at radius 2 is 1.89 bits per heavy atom. The molecule has 0 spiro atoms. The lowest BCUT2D eigenvalue weighted by Crippen LogP contribution is -2.24. The van der Waals surface area contributed by atoms with Gasteiger partial charge in [-0.05, 0) is 36.8 Å². The maximum absolute atomic E-state index is 12.4. The molecule has 0 fully saturated rings. The molecule has 3 rings (SSSR count). The van der Waals surface area contributed by atoms with Crippen LogP contribution in [0.5, 0.6) is 0 Å². The molecule has 2 aromatic carbocycles. The molecular weight excluding hydrogens is 358 g/mol. The molecule has 1 amide bonds. The second-order valence-corrected chi connectivity index (χ2v) is 7.21. The van der Waals surface area contributed by atoms with Crippen LogP contribution in [-0.2, 0) is 13.1 Å². The molecule has 1 N–H and O–H groups in total. The van der Waals surface area contributed by atoms with Crippen LogP contribution in [0.1, 0.15) is 55.2 Å². The number of imidazole rings is 1. The van der Waals surface area contributed by atoms with Crippen LogP contribution in [0.4, 0.5) is 0 Å². The minimum absolute atomic E-state index is 0.140. The second kappa shape index (κ2) is 9.56. The molecule has 0 aliphatic heterocycles. The molecule has 27 heavy (non-hydrogen) atoms. The van der Waals surface area contributed by atoms with E-state index in [4.69, 9.17) is 16.6 Å². The molecule has 3 aromatic rings. The van der Waals surface area contributed by atoms with E-state index in [-0.39, 0.29) is 5.91 Å². The summed E-state index contributed by atoms with van der Waals surface area (Å²) in [5.74, 6) is 0.751. The van der Waals surface area contributed by atoms with E-state index in [9.17, 15) is 4.79 Å². The van der Waals surface area contributed by atoms with E-state index < -0.39 is 0 Å². The molecule has 0 bridgehead atoms. The van der Waals surface area contributed by atoms with Gasteiger partial charge in [-0.15, -0.1) is 0 Å². The fourth-order valence-electron chi connectivity index (χ4n) is 3.27. The van der Waals surface area contributed by atoms with E-state index in [0.29, 0.717) is 17.1 Å². The van der Waals surface area contributed by atoms with Crippen molar-refractivity contribution in [2.45, 2.75) is 52.1 Å². The standard InChI is InChI=1S/C22H26ClN3O/c1-2-3-4-5-8-14-26-20-13-7-6-12-19(20)25-21(26)16-24-22(27)17-10-9-11-18(23)15-17/h6-7,9-13,15H,2-5,8,14,16H2,1H3,(H,24,27). The highest BCUT2D eigenvalue weighted by molar-refractivity contribution is 6.30. The van der Waals surface area contributed by atoms with Crippen molar-refractivity contribution in [2.75, 3.05) is 0 Å². The van der Waals surface area contributed by atoms with Crippen LogP contribution in [-0.4, -0.2) is 15.5 Å². The Kier molecular flexibility index (Phi) is 6.88. The van der Waals surface area contributed by atoms with Gasteiger partial charge < -0.3 is 9.88 Å². The molecule has 0 aliphatic rings. The predicted octanol–water partition coefficient (Wildman–Crippen LogP) is 5.59. The number of rotatable bonds is 9. The van der Waals surface area contributed by atoms with Crippen molar-refractivity contribution in [3.63, 3.8) is 0 Å². The van der Waals surface area contributed by atoms with E-state index in [1.807, 2.05) is 18.2 Å². The van der Waals surface area contributed by atoms with Gasteiger partial charge in [-0.2, -0.15) is 0 Å². The lowest BCUT2D eigenvalue weighted by Gasteiger charge is -2.10. The molecule has 0 saturated carbocycles. The minimum Gasteiger partial charge on any atom is -0.345 e. The molecule has 0 aliphatic carbocycles. The summed E-state index contributed by atoms with van der Waals surface area (Å²) in [6.45, 7) is 3.55. The summed E-state index contributed by atoms with van der Waals surface area (Å²) in [7, 11) is 0. The fraction of sp³-hybridized carbons (Fsp3) is 0.364. The van der Waals surface area contributed by atoms with Gasteiger partial charge in [0.1, 0.15) is 5.82 Å². The lowest BCUT2D eigenvalue weighted by molar-refractivity contribution is 0.0949. The third-order valence-electron chi connectivity index (χ3n) is 4.71. The summed E-state index contributed by atoms with van der Waals surface area (Å²) in [4.78, 5) is 17.2. The number of carbonyl (C=O) groups is 1. The van der Waals surface area contributed by atoms with Crippen molar-refractivity contribution in [3.05, 3.63) is 64.9 Å². The van der Waals surface area contributed by atoms with Crippen molar-refractivity contribution in [3.8, 4) is 0 Å². The van der Waals surface area contributed by atoms with E-state index in [1.54, 1.807) is 24.3 Å². The summed E-state index contributed by atoms with van der Waals surface area (Å²) in [6.07, 6.45) is 6.14. The number of benzene rings is 2. The lowest BCUT2D eigenvalue weighted by atomic mass is 10.1. The van der Waals surface area contributed by atoms with E-state index in [2.05, 4.69) is 22.9 Å². The molecule has 0 unspecified atom stereocenters. The van der Waals surface area contributed by atoms with Gasteiger partial charge in [0.2, 0.25) is 0 Å². The molecule has 142 valence electrons. The average molecular weight is 384 g/mol. The third-order valence-corrected chi connectivity index (χ3v) is 4.95. The van der Waals surface area contributed by atoms with Crippen molar-refractivity contribution in [2.24, 2.45) is 0 Å². The number of nitrogens with one attached hydrogen (secondary N) is 1. The Morgan fingerprint density at radius 1 is 1.07 bits per heavy atom. The monoisotopic (exact) mass is 383 g/mol. The van der Waals surface area contributed by atoms with Gasteiger partial charge in [0.15, 0.2) is 0 Å². The van der Waals surface area contributed by atoms with Crippen molar-refractivity contribution in [1.82, 2.24) is 14.9 Å². The van der Waals surface area contributed by atoms with Gasteiger partial charge in [0.25, 0.3) is 5.91 Å². The molecule has 1 aromatic heterocycles. The molecule has 5 heteroatoms. The van der Waals surface area contributed by atoms with Gasteiger partial charge in [0.05, 0.1) is 17.6 Å². The van der Waals surface area contributed by atoms with Crippen LogP contribution in [0.3, 0.4) is 0 Å². The van der Waals surface area contributed by atoms with Gasteiger partial charge >= 0.3 is 0 Å². The Bertz CT molecular complexity index is 903. The molecule has 1 heterocycles. The summed E-state index contributed by atoms with van der Waals surface area (Å²) < 4.78 is 2.24. The highest BCUT2D eigenvalue weighted by atomic mass is 35.5. The number of carbonyl (C=O) groups excluding carboxylic acids is 1. The van der Waals surface area contributed by atoms with E-state index >= 15 is 0 Å². The smallest absolute Gasteiger partial charge is 0.251 e. The molecule has 0 saturated heterocycles.